The van der Waals surface area contributed by atoms with E-state index in [2.05, 4.69) is 90.5 Å². The van der Waals surface area contributed by atoms with Gasteiger partial charge in [-0.3, -0.25) is 0 Å². The highest BCUT2D eigenvalue weighted by Gasteiger charge is 2.22. The minimum absolute atomic E-state index is 0.0710. The van der Waals surface area contributed by atoms with E-state index in [1.165, 1.54) is 18.4 Å². The third-order valence-electron chi connectivity index (χ3n) is 8.07. The Morgan fingerprint density at radius 1 is 1.00 bits per heavy atom. The molecule has 1 heterocycles. The van der Waals surface area contributed by atoms with Crippen molar-refractivity contribution >= 4 is 5.82 Å². The molecule has 238 valence electrons. The van der Waals surface area contributed by atoms with Crippen LogP contribution in [0.5, 0.6) is 5.75 Å². The molecule has 7 heteroatoms. The number of hydrogen-bond acceptors (Lipinski definition) is 6. The SMILES string of the molecule is C=C(NCCC(C)CCC)C(c1ccc(OC)cc1)n1cnc(NC(=C)[C@@H](CCCc2ccccc2)NC(=C)C(C)(C)N)c1. The molecule has 0 bridgehead atoms. The second-order valence-corrected chi connectivity index (χ2v) is 12.4. The number of imidazole rings is 1. The van der Waals surface area contributed by atoms with Gasteiger partial charge in [-0.2, -0.15) is 0 Å². The number of anilines is 1. The number of rotatable bonds is 20. The molecule has 2 aromatic carbocycles. The van der Waals surface area contributed by atoms with Crippen LogP contribution in [0.4, 0.5) is 5.82 Å². The Labute approximate surface area is 265 Å². The number of hydrogen-bond donors (Lipinski definition) is 4. The van der Waals surface area contributed by atoms with Crippen LogP contribution >= 0.6 is 0 Å². The first kappa shape index (κ1) is 34.5. The fourth-order valence-electron chi connectivity index (χ4n) is 5.23. The van der Waals surface area contributed by atoms with Gasteiger partial charge in [-0.25, -0.2) is 4.98 Å². The van der Waals surface area contributed by atoms with Crippen molar-refractivity contribution in [3.05, 3.63) is 115 Å². The molecule has 3 aromatic rings. The van der Waals surface area contributed by atoms with Crippen LogP contribution in [-0.4, -0.2) is 34.8 Å². The molecule has 3 atom stereocenters. The molecule has 1 aromatic heterocycles. The van der Waals surface area contributed by atoms with Gasteiger partial charge in [-0.1, -0.05) is 88.9 Å². The van der Waals surface area contributed by atoms with Gasteiger partial charge in [0.25, 0.3) is 0 Å². The zero-order chi connectivity index (χ0) is 32.1. The Morgan fingerprint density at radius 2 is 1.70 bits per heavy atom. The van der Waals surface area contributed by atoms with E-state index in [0.29, 0.717) is 11.7 Å². The molecule has 0 saturated carbocycles. The molecule has 0 aliphatic rings. The summed E-state index contributed by atoms with van der Waals surface area (Å²) in [5, 5.41) is 10.6. The van der Waals surface area contributed by atoms with Crippen LogP contribution in [0.15, 0.2) is 104 Å². The number of nitrogens with zero attached hydrogens (tertiary/aromatic N) is 2. The van der Waals surface area contributed by atoms with E-state index in [0.717, 1.165) is 60.6 Å². The fraction of sp³-hybridized carbons (Fsp3) is 0.432. The van der Waals surface area contributed by atoms with E-state index in [4.69, 9.17) is 15.5 Å². The molecule has 3 rings (SSSR count). The average Bonchev–Trinajstić information content (AvgIpc) is 3.44. The summed E-state index contributed by atoms with van der Waals surface area (Å²) in [6, 6.07) is 18.4. The highest BCUT2D eigenvalue weighted by Crippen LogP contribution is 2.28. The number of nitrogens with one attached hydrogen (secondary N) is 3. The van der Waals surface area contributed by atoms with Crippen molar-refractivity contribution in [3.63, 3.8) is 0 Å². The maximum atomic E-state index is 6.35. The van der Waals surface area contributed by atoms with Crippen molar-refractivity contribution in [2.45, 2.75) is 83.8 Å². The van der Waals surface area contributed by atoms with Gasteiger partial charge in [0, 0.05) is 35.4 Å². The van der Waals surface area contributed by atoms with E-state index in [9.17, 15) is 0 Å². The van der Waals surface area contributed by atoms with E-state index in [-0.39, 0.29) is 12.1 Å². The Hall–Kier alpha value is -3.97. The zero-order valence-corrected chi connectivity index (χ0v) is 27.5. The van der Waals surface area contributed by atoms with Crippen molar-refractivity contribution in [2.24, 2.45) is 11.7 Å². The van der Waals surface area contributed by atoms with Crippen LogP contribution in [0.25, 0.3) is 0 Å². The molecule has 0 fully saturated rings. The molecule has 0 aliphatic heterocycles. The zero-order valence-electron chi connectivity index (χ0n) is 27.5. The second kappa shape index (κ2) is 16.8. The summed E-state index contributed by atoms with van der Waals surface area (Å²) in [7, 11) is 1.68. The van der Waals surface area contributed by atoms with Gasteiger partial charge in [-0.05, 0) is 68.7 Å². The second-order valence-electron chi connectivity index (χ2n) is 12.4. The molecule has 0 amide bonds. The number of aryl methyl sites for hydroxylation is 1. The van der Waals surface area contributed by atoms with Crippen molar-refractivity contribution in [3.8, 4) is 5.75 Å². The lowest BCUT2D eigenvalue weighted by Crippen LogP contribution is -2.45. The lowest BCUT2D eigenvalue weighted by atomic mass is 9.99. The third kappa shape index (κ3) is 10.6. The number of benzene rings is 2. The van der Waals surface area contributed by atoms with Gasteiger partial charge >= 0.3 is 0 Å². The molecular formula is C37H54N6O. The first-order valence-corrected chi connectivity index (χ1v) is 15.9. The number of nitrogens with two attached hydrogens (primary N) is 1. The summed E-state index contributed by atoms with van der Waals surface area (Å²) in [4.78, 5) is 4.71. The topological polar surface area (TPSA) is 89.2 Å². The van der Waals surface area contributed by atoms with E-state index in [1.54, 1.807) is 7.11 Å². The summed E-state index contributed by atoms with van der Waals surface area (Å²) >= 11 is 0. The van der Waals surface area contributed by atoms with Crippen molar-refractivity contribution in [1.29, 1.82) is 0 Å². The molecular weight excluding hydrogens is 544 g/mol. The summed E-state index contributed by atoms with van der Waals surface area (Å²) in [5.41, 5.74) is 10.7. The smallest absolute Gasteiger partial charge is 0.148 e. The van der Waals surface area contributed by atoms with Crippen LogP contribution in [0, 0.1) is 5.92 Å². The molecule has 2 unspecified atom stereocenters. The summed E-state index contributed by atoms with van der Waals surface area (Å²) < 4.78 is 7.49. The molecule has 0 saturated heterocycles. The van der Waals surface area contributed by atoms with Crippen molar-refractivity contribution in [2.75, 3.05) is 19.0 Å². The van der Waals surface area contributed by atoms with Crippen LogP contribution in [0.2, 0.25) is 0 Å². The standard InChI is InChI=1S/C37H54N6O/c1-9-14-27(2)23-24-39-29(4)36(32-19-21-33(44-8)22-20-32)43-25-35(40-26-43)41-28(3)34(42-30(5)37(6,7)38)18-13-17-31-15-11-10-12-16-31/h10-12,15-16,19-22,25-27,34,36,39,41-42H,3-5,9,13-14,17-18,23-24,38H2,1-2,6-8H3/t27?,34-,36?/m1/s1. The fourth-order valence-corrected chi connectivity index (χ4v) is 5.23. The first-order chi connectivity index (χ1) is 21.0. The Morgan fingerprint density at radius 3 is 2.34 bits per heavy atom. The number of allylic oxidation sites excluding steroid dienone is 1. The van der Waals surface area contributed by atoms with Gasteiger partial charge < -0.3 is 31.0 Å². The molecule has 0 aliphatic carbocycles. The Bertz CT molecular complexity index is 1320. The summed E-state index contributed by atoms with van der Waals surface area (Å²) in [6.07, 6.45) is 10.2. The quantitative estimate of drug-likeness (QED) is 0.107. The monoisotopic (exact) mass is 598 g/mol. The van der Waals surface area contributed by atoms with E-state index >= 15 is 0 Å². The summed E-state index contributed by atoms with van der Waals surface area (Å²) in [5.74, 6) is 2.20. The van der Waals surface area contributed by atoms with Crippen molar-refractivity contribution in [1.82, 2.24) is 20.2 Å². The lowest BCUT2D eigenvalue weighted by Gasteiger charge is -2.30. The van der Waals surface area contributed by atoms with Gasteiger partial charge in [0.15, 0.2) is 0 Å². The number of methoxy groups -OCH3 is 1. The van der Waals surface area contributed by atoms with E-state index < -0.39 is 5.54 Å². The Balaban J connectivity index is 1.76. The minimum atomic E-state index is -0.563. The molecule has 5 N–H and O–H groups in total. The van der Waals surface area contributed by atoms with E-state index in [1.807, 2.05) is 44.6 Å². The number of ether oxygens (including phenoxy) is 1. The first-order valence-electron chi connectivity index (χ1n) is 15.9. The highest BCUT2D eigenvalue weighted by atomic mass is 16.5. The predicted octanol–water partition coefficient (Wildman–Crippen LogP) is 7.57. The molecule has 7 nitrogen and oxygen atoms in total. The molecule has 0 radical (unpaired) electrons. The van der Waals surface area contributed by atoms with Gasteiger partial charge in [-0.15, -0.1) is 0 Å². The lowest BCUT2D eigenvalue weighted by molar-refractivity contribution is 0.414. The highest BCUT2D eigenvalue weighted by molar-refractivity contribution is 5.42. The third-order valence-corrected chi connectivity index (χ3v) is 8.07. The normalized spacial score (nSPS) is 13.4. The number of aromatic nitrogens is 2. The van der Waals surface area contributed by atoms with Gasteiger partial charge in [0.1, 0.15) is 11.6 Å². The van der Waals surface area contributed by atoms with Crippen LogP contribution in [-0.2, 0) is 6.42 Å². The largest absolute Gasteiger partial charge is 0.497 e. The van der Waals surface area contributed by atoms with Crippen LogP contribution in [0.3, 0.4) is 0 Å². The average molecular weight is 599 g/mol. The van der Waals surface area contributed by atoms with Crippen LogP contribution in [0.1, 0.15) is 77.0 Å². The van der Waals surface area contributed by atoms with Crippen molar-refractivity contribution < 1.29 is 4.74 Å². The maximum absolute atomic E-state index is 6.35. The Kier molecular flexibility index (Phi) is 13.2. The molecule has 0 spiro atoms. The maximum Gasteiger partial charge on any atom is 0.148 e. The van der Waals surface area contributed by atoms with Gasteiger partial charge in [0.05, 0.1) is 25.5 Å². The molecule has 44 heavy (non-hydrogen) atoms. The summed E-state index contributed by atoms with van der Waals surface area (Å²) in [6.45, 7) is 22.4. The minimum Gasteiger partial charge on any atom is -0.497 e. The van der Waals surface area contributed by atoms with Gasteiger partial charge in [0.2, 0.25) is 0 Å². The predicted molar refractivity (Wildman–Crippen MR) is 186 cm³/mol. The van der Waals surface area contributed by atoms with Crippen LogP contribution < -0.4 is 26.4 Å².